The molecule has 1 fully saturated rings. The number of anilines is 2. The first-order valence-corrected chi connectivity index (χ1v) is 11.1. The Bertz CT molecular complexity index is 1010. The molecule has 0 radical (unpaired) electrons. The lowest BCUT2D eigenvalue weighted by Gasteiger charge is -2.28. The summed E-state index contributed by atoms with van der Waals surface area (Å²) < 4.78 is 16.4. The summed E-state index contributed by atoms with van der Waals surface area (Å²) in [7, 11) is 0. The molecule has 1 aliphatic rings. The predicted octanol–water partition coefficient (Wildman–Crippen LogP) is 3.87. The highest BCUT2D eigenvalue weighted by molar-refractivity contribution is 7.99. The van der Waals surface area contributed by atoms with E-state index < -0.39 is 0 Å². The molecule has 0 saturated carbocycles. The van der Waals surface area contributed by atoms with Crippen molar-refractivity contribution in [3.05, 3.63) is 59.4 Å². The number of aromatic nitrogens is 2. The summed E-state index contributed by atoms with van der Waals surface area (Å²) in [5.74, 6) is 0.839. The Kier molecular flexibility index (Phi) is 7.29. The van der Waals surface area contributed by atoms with Gasteiger partial charge in [0.2, 0.25) is 5.91 Å². The van der Waals surface area contributed by atoms with Crippen molar-refractivity contribution in [1.82, 2.24) is 10.2 Å². The van der Waals surface area contributed by atoms with Crippen LogP contribution in [0, 0.1) is 0 Å². The number of ether oxygens (including phenoxy) is 2. The summed E-state index contributed by atoms with van der Waals surface area (Å²) in [4.78, 5) is 14.5. The molecule has 2 aromatic carbocycles. The van der Waals surface area contributed by atoms with E-state index in [9.17, 15) is 4.79 Å². The van der Waals surface area contributed by atoms with E-state index in [1.54, 1.807) is 12.1 Å². The number of hydrogen-bond acceptors (Lipinski definition) is 8. The maximum atomic E-state index is 12.2. The number of carbonyl (C=O) groups is 1. The Morgan fingerprint density at radius 2 is 1.90 bits per heavy atom. The van der Waals surface area contributed by atoms with Gasteiger partial charge in [0.05, 0.1) is 24.0 Å². The largest absolute Gasteiger partial charge is 0.482 e. The number of nitrogens with zero attached hydrogens (tertiary/aromatic N) is 3. The summed E-state index contributed by atoms with van der Waals surface area (Å²) in [6.45, 7) is 3.31. The van der Waals surface area contributed by atoms with Gasteiger partial charge in [-0.3, -0.25) is 4.79 Å². The molecular weight excluding hydrogens is 440 g/mol. The van der Waals surface area contributed by atoms with Crippen LogP contribution in [-0.2, 0) is 16.1 Å². The van der Waals surface area contributed by atoms with Crippen LogP contribution < -0.4 is 15.0 Å². The van der Waals surface area contributed by atoms with Crippen LogP contribution >= 0.6 is 23.4 Å². The van der Waals surface area contributed by atoms with Crippen LogP contribution in [0.5, 0.6) is 5.75 Å². The maximum absolute atomic E-state index is 12.2. The topological polar surface area (TPSA) is 89.7 Å². The molecular formula is C21H21ClN4O4S. The van der Waals surface area contributed by atoms with Gasteiger partial charge >= 0.3 is 0 Å². The Hall–Kier alpha value is -2.75. The molecule has 4 rings (SSSR count). The molecule has 0 atom stereocenters. The fourth-order valence-corrected chi connectivity index (χ4v) is 3.73. The number of amides is 1. The number of morpholine rings is 1. The number of hydrogen-bond donors (Lipinski definition) is 1. The summed E-state index contributed by atoms with van der Waals surface area (Å²) in [5, 5.41) is 11.5. The van der Waals surface area contributed by atoms with E-state index in [0.29, 0.717) is 21.9 Å². The Morgan fingerprint density at radius 3 is 2.68 bits per heavy atom. The van der Waals surface area contributed by atoms with Gasteiger partial charge < -0.3 is 24.1 Å². The van der Waals surface area contributed by atoms with Crippen molar-refractivity contribution in [2.45, 2.75) is 11.8 Å². The molecule has 0 aliphatic carbocycles. The molecule has 1 saturated heterocycles. The Morgan fingerprint density at radius 1 is 1.13 bits per heavy atom. The second-order valence-corrected chi connectivity index (χ2v) is 8.00. The van der Waals surface area contributed by atoms with Crippen LogP contribution in [-0.4, -0.2) is 48.2 Å². The molecule has 3 aromatic rings. The highest BCUT2D eigenvalue weighted by atomic mass is 35.5. The molecule has 1 amide bonds. The van der Waals surface area contributed by atoms with Gasteiger partial charge in [0, 0.05) is 24.5 Å². The minimum atomic E-state index is -0.156. The summed E-state index contributed by atoms with van der Waals surface area (Å²) in [6, 6.07) is 14.9. The number of thioether (sulfide) groups is 1. The summed E-state index contributed by atoms with van der Waals surface area (Å²) in [6.07, 6.45) is 0. The molecule has 0 spiro atoms. The molecule has 0 bridgehead atoms. The third kappa shape index (κ3) is 6.13. The Labute approximate surface area is 188 Å². The van der Waals surface area contributed by atoms with Crippen LogP contribution in [0.1, 0.15) is 5.89 Å². The maximum Gasteiger partial charge on any atom is 0.277 e. The number of nitrogens with one attached hydrogen (secondary N) is 1. The second-order valence-electron chi connectivity index (χ2n) is 6.66. The van der Waals surface area contributed by atoms with E-state index >= 15 is 0 Å². The van der Waals surface area contributed by atoms with Crippen molar-refractivity contribution in [2.24, 2.45) is 0 Å². The second kappa shape index (κ2) is 10.5. The molecule has 162 valence electrons. The molecule has 31 heavy (non-hydrogen) atoms. The number of para-hydroxylation sites is 1. The van der Waals surface area contributed by atoms with E-state index in [-0.39, 0.29) is 18.3 Å². The number of benzene rings is 2. The average molecular weight is 461 g/mol. The van der Waals surface area contributed by atoms with Crippen LogP contribution in [0.25, 0.3) is 0 Å². The number of rotatable bonds is 8. The highest BCUT2D eigenvalue weighted by Crippen LogP contribution is 2.25. The molecule has 2 heterocycles. The van der Waals surface area contributed by atoms with E-state index in [1.165, 1.54) is 0 Å². The minimum Gasteiger partial charge on any atom is -0.482 e. The predicted molar refractivity (Wildman–Crippen MR) is 119 cm³/mol. The van der Waals surface area contributed by atoms with Crippen LogP contribution in [0.4, 0.5) is 11.4 Å². The normalized spacial score (nSPS) is 13.8. The smallest absolute Gasteiger partial charge is 0.277 e. The molecule has 1 N–H and O–H groups in total. The minimum absolute atomic E-state index is 0.0962. The van der Waals surface area contributed by atoms with Gasteiger partial charge in [0.15, 0.2) is 6.61 Å². The van der Waals surface area contributed by atoms with Crippen LogP contribution in [0.15, 0.2) is 58.2 Å². The first-order chi connectivity index (χ1) is 15.2. The van der Waals surface area contributed by atoms with Gasteiger partial charge in [0.1, 0.15) is 5.75 Å². The lowest BCUT2D eigenvalue weighted by molar-refractivity contribution is -0.113. The zero-order valence-corrected chi connectivity index (χ0v) is 18.2. The average Bonchev–Trinajstić information content (AvgIpc) is 3.26. The molecule has 1 aromatic heterocycles. The van der Waals surface area contributed by atoms with Crippen molar-refractivity contribution >= 4 is 40.6 Å². The lowest BCUT2D eigenvalue weighted by atomic mass is 10.2. The van der Waals surface area contributed by atoms with Gasteiger partial charge in [-0.05, 0) is 36.4 Å². The van der Waals surface area contributed by atoms with Crippen molar-refractivity contribution < 1.29 is 18.7 Å². The SMILES string of the molecule is O=C(CSc1nnc(COc2ccccc2Cl)o1)Nc1ccc(N2CCOCC2)cc1. The van der Waals surface area contributed by atoms with Crippen molar-refractivity contribution in [3.8, 4) is 5.75 Å². The fourth-order valence-electron chi connectivity index (χ4n) is 2.96. The van der Waals surface area contributed by atoms with Gasteiger partial charge in [-0.15, -0.1) is 10.2 Å². The van der Waals surface area contributed by atoms with E-state index in [1.807, 2.05) is 36.4 Å². The van der Waals surface area contributed by atoms with Gasteiger partial charge in [-0.1, -0.05) is 35.5 Å². The van der Waals surface area contributed by atoms with Gasteiger partial charge in [0.25, 0.3) is 11.1 Å². The monoisotopic (exact) mass is 460 g/mol. The number of carbonyl (C=O) groups excluding carboxylic acids is 1. The Balaban J connectivity index is 1.22. The first kappa shape index (κ1) is 21.5. The van der Waals surface area contributed by atoms with Crippen molar-refractivity contribution in [2.75, 3.05) is 42.3 Å². The van der Waals surface area contributed by atoms with Crippen molar-refractivity contribution in [3.63, 3.8) is 0 Å². The van der Waals surface area contributed by atoms with E-state index in [4.69, 9.17) is 25.5 Å². The van der Waals surface area contributed by atoms with Crippen LogP contribution in [0.2, 0.25) is 5.02 Å². The molecule has 8 nitrogen and oxygen atoms in total. The first-order valence-electron chi connectivity index (χ1n) is 9.72. The third-order valence-electron chi connectivity index (χ3n) is 4.49. The molecule has 1 aliphatic heterocycles. The molecule has 10 heteroatoms. The van der Waals surface area contributed by atoms with Gasteiger partial charge in [-0.25, -0.2) is 0 Å². The summed E-state index contributed by atoms with van der Waals surface area (Å²) in [5.41, 5.74) is 1.86. The fraction of sp³-hybridized carbons (Fsp3) is 0.286. The standard InChI is InChI=1S/C21H21ClN4O4S/c22-17-3-1-2-4-18(17)29-13-20-24-25-21(30-20)31-14-19(27)23-15-5-7-16(8-6-15)26-9-11-28-12-10-26/h1-8H,9-14H2,(H,23,27). The highest BCUT2D eigenvalue weighted by Gasteiger charge is 2.13. The van der Waals surface area contributed by atoms with Crippen molar-refractivity contribution in [1.29, 1.82) is 0 Å². The zero-order chi connectivity index (χ0) is 21.5. The quantitative estimate of drug-likeness (QED) is 0.507. The summed E-state index contributed by atoms with van der Waals surface area (Å²) >= 11 is 7.21. The van der Waals surface area contributed by atoms with E-state index in [0.717, 1.165) is 49.4 Å². The third-order valence-corrected chi connectivity index (χ3v) is 5.62. The lowest BCUT2D eigenvalue weighted by Crippen LogP contribution is -2.36. The van der Waals surface area contributed by atoms with Crippen LogP contribution in [0.3, 0.4) is 0 Å². The number of halogens is 1. The molecule has 0 unspecified atom stereocenters. The van der Waals surface area contributed by atoms with Gasteiger partial charge in [-0.2, -0.15) is 0 Å². The van der Waals surface area contributed by atoms with E-state index in [2.05, 4.69) is 20.4 Å². The zero-order valence-electron chi connectivity index (χ0n) is 16.6.